The van der Waals surface area contributed by atoms with E-state index < -0.39 is 0 Å². The van der Waals surface area contributed by atoms with Crippen molar-refractivity contribution >= 4 is 5.84 Å². The van der Waals surface area contributed by atoms with Crippen LogP contribution in [0.15, 0.2) is 18.2 Å². The molecule has 0 heterocycles. The van der Waals surface area contributed by atoms with E-state index in [1.54, 1.807) is 0 Å². The van der Waals surface area contributed by atoms with Gasteiger partial charge in [0.2, 0.25) is 0 Å². The van der Waals surface area contributed by atoms with E-state index in [9.17, 15) is 0 Å². The zero-order chi connectivity index (χ0) is 12.8. The van der Waals surface area contributed by atoms with Crippen molar-refractivity contribution in [2.75, 3.05) is 13.1 Å². The van der Waals surface area contributed by atoms with E-state index in [2.05, 4.69) is 43.9 Å². The van der Waals surface area contributed by atoms with Gasteiger partial charge in [0.15, 0.2) is 0 Å². The molecular formula is C14H23N3. The van der Waals surface area contributed by atoms with Gasteiger partial charge in [0.05, 0.1) is 5.84 Å². The van der Waals surface area contributed by atoms with Gasteiger partial charge in [0, 0.05) is 19.5 Å². The molecule has 17 heavy (non-hydrogen) atoms. The third-order valence-corrected chi connectivity index (χ3v) is 3.17. The molecule has 0 aliphatic carbocycles. The Morgan fingerprint density at radius 3 is 2.35 bits per heavy atom. The van der Waals surface area contributed by atoms with Crippen LogP contribution in [-0.2, 0) is 6.54 Å². The summed E-state index contributed by atoms with van der Waals surface area (Å²) >= 11 is 0. The van der Waals surface area contributed by atoms with Gasteiger partial charge in [0.25, 0.3) is 0 Å². The second-order valence-corrected chi connectivity index (χ2v) is 4.51. The maximum Gasteiger partial charge on any atom is 0.0918 e. The number of nitrogens with zero attached hydrogens (tertiary/aromatic N) is 1. The van der Waals surface area contributed by atoms with Gasteiger partial charge >= 0.3 is 0 Å². The third-order valence-electron chi connectivity index (χ3n) is 3.17. The van der Waals surface area contributed by atoms with Crippen molar-refractivity contribution in [3.63, 3.8) is 0 Å². The number of aryl methyl sites for hydroxylation is 2. The summed E-state index contributed by atoms with van der Waals surface area (Å²) in [4.78, 5) is 2.33. The summed E-state index contributed by atoms with van der Waals surface area (Å²) in [7, 11) is 0. The minimum Gasteiger partial charge on any atom is -0.388 e. The maximum atomic E-state index is 7.28. The lowest BCUT2D eigenvalue weighted by atomic mass is 10.0. The molecule has 0 aliphatic heterocycles. The van der Waals surface area contributed by atoms with E-state index in [0.717, 1.165) is 19.6 Å². The Hall–Kier alpha value is -1.35. The molecule has 0 unspecified atom stereocenters. The Morgan fingerprint density at radius 1 is 1.29 bits per heavy atom. The number of benzene rings is 1. The second-order valence-electron chi connectivity index (χ2n) is 4.51. The molecule has 0 fully saturated rings. The second kappa shape index (κ2) is 6.40. The summed E-state index contributed by atoms with van der Waals surface area (Å²) in [5, 5.41) is 7.28. The molecule has 0 radical (unpaired) electrons. The van der Waals surface area contributed by atoms with Crippen LogP contribution in [0.4, 0.5) is 0 Å². The summed E-state index contributed by atoms with van der Waals surface area (Å²) < 4.78 is 0. The van der Waals surface area contributed by atoms with Crippen molar-refractivity contribution in [2.24, 2.45) is 5.73 Å². The van der Waals surface area contributed by atoms with Gasteiger partial charge in [-0.3, -0.25) is 10.3 Å². The molecule has 0 bridgehead atoms. The average Bonchev–Trinajstić information content (AvgIpc) is 2.27. The van der Waals surface area contributed by atoms with E-state index >= 15 is 0 Å². The predicted molar refractivity (Wildman–Crippen MR) is 73.4 cm³/mol. The van der Waals surface area contributed by atoms with E-state index in [0.29, 0.717) is 6.42 Å². The van der Waals surface area contributed by atoms with Crippen molar-refractivity contribution < 1.29 is 0 Å². The standard InChI is InChI=1S/C14H23N3/c1-4-17(9-8-14(15)16)10-13-11(2)6-5-7-12(13)3/h5-7H,4,8-10H2,1-3H3,(H3,15,16). The molecule has 94 valence electrons. The quantitative estimate of drug-likeness (QED) is 0.586. The maximum absolute atomic E-state index is 7.28. The molecule has 3 N–H and O–H groups in total. The zero-order valence-corrected chi connectivity index (χ0v) is 11.1. The number of nitrogens with one attached hydrogen (secondary N) is 1. The van der Waals surface area contributed by atoms with Crippen molar-refractivity contribution in [3.05, 3.63) is 34.9 Å². The Labute approximate surface area is 104 Å². The highest BCUT2D eigenvalue weighted by molar-refractivity contribution is 5.76. The monoisotopic (exact) mass is 233 g/mol. The van der Waals surface area contributed by atoms with Gasteiger partial charge in [-0.15, -0.1) is 0 Å². The topological polar surface area (TPSA) is 53.1 Å². The predicted octanol–water partition coefficient (Wildman–Crippen LogP) is 2.45. The fourth-order valence-corrected chi connectivity index (χ4v) is 1.95. The fraction of sp³-hybridized carbons (Fsp3) is 0.500. The van der Waals surface area contributed by atoms with Crippen LogP contribution < -0.4 is 5.73 Å². The fourth-order valence-electron chi connectivity index (χ4n) is 1.95. The molecule has 1 rings (SSSR count). The van der Waals surface area contributed by atoms with E-state index in [4.69, 9.17) is 11.1 Å². The number of rotatable bonds is 6. The summed E-state index contributed by atoms with van der Waals surface area (Å²) in [5.41, 5.74) is 9.48. The molecule has 3 nitrogen and oxygen atoms in total. The lowest BCUT2D eigenvalue weighted by Crippen LogP contribution is -2.28. The molecule has 0 saturated heterocycles. The molecule has 0 saturated carbocycles. The van der Waals surface area contributed by atoms with E-state index in [1.165, 1.54) is 16.7 Å². The number of amidine groups is 1. The van der Waals surface area contributed by atoms with Crippen LogP contribution in [0.2, 0.25) is 0 Å². The smallest absolute Gasteiger partial charge is 0.0918 e. The van der Waals surface area contributed by atoms with Crippen LogP contribution in [-0.4, -0.2) is 23.8 Å². The van der Waals surface area contributed by atoms with Crippen LogP contribution in [0.3, 0.4) is 0 Å². The van der Waals surface area contributed by atoms with Gasteiger partial charge in [-0.25, -0.2) is 0 Å². The number of nitrogens with two attached hydrogens (primary N) is 1. The summed E-state index contributed by atoms with van der Waals surface area (Å²) in [6.07, 6.45) is 0.652. The van der Waals surface area contributed by atoms with Crippen LogP contribution in [0.5, 0.6) is 0 Å². The highest BCUT2D eigenvalue weighted by Crippen LogP contribution is 2.15. The van der Waals surface area contributed by atoms with Crippen molar-refractivity contribution in [1.29, 1.82) is 5.41 Å². The summed E-state index contributed by atoms with van der Waals surface area (Å²) in [6.45, 7) is 9.25. The molecule has 0 atom stereocenters. The molecular weight excluding hydrogens is 210 g/mol. The minimum absolute atomic E-state index is 0.268. The SMILES string of the molecule is CCN(CCC(=N)N)Cc1c(C)cccc1C. The highest BCUT2D eigenvalue weighted by atomic mass is 15.1. The van der Waals surface area contributed by atoms with Crippen molar-refractivity contribution in [2.45, 2.75) is 33.7 Å². The molecule has 0 amide bonds. The van der Waals surface area contributed by atoms with E-state index in [-0.39, 0.29) is 5.84 Å². The van der Waals surface area contributed by atoms with Crippen molar-refractivity contribution in [3.8, 4) is 0 Å². The Morgan fingerprint density at radius 2 is 1.88 bits per heavy atom. The van der Waals surface area contributed by atoms with E-state index in [1.807, 2.05) is 0 Å². The first-order valence-electron chi connectivity index (χ1n) is 6.15. The number of hydrogen-bond acceptors (Lipinski definition) is 2. The molecule has 0 aliphatic rings. The van der Waals surface area contributed by atoms with Gasteiger partial charge in [-0.2, -0.15) is 0 Å². The lowest BCUT2D eigenvalue weighted by molar-refractivity contribution is 0.287. The minimum atomic E-state index is 0.268. The summed E-state index contributed by atoms with van der Waals surface area (Å²) in [6, 6.07) is 6.41. The molecule has 0 spiro atoms. The molecule has 1 aromatic carbocycles. The van der Waals surface area contributed by atoms with Crippen molar-refractivity contribution in [1.82, 2.24) is 4.90 Å². The van der Waals surface area contributed by atoms with Crippen LogP contribution in [0.25, 0.3) is 0 Å². The van der Waals surface area contributed by atoms with Gasteiger partial charge in [-0.1, -0.05) is 25.1 Å². The Kier molecular flexibility index (Phi) is 5.16. The normalized spacial score (nSPS) is 10.8. The summed E-state index contributed by atoms with van der Waals surface area (Å²) in [5.74, 6) is 0.268. The third kappa shape index (κ3) is 4.19. The van der Waals surface area contributed by atoms with Crippen LogP contribution >= 0.6 is 0 Å². The van der Waals surface area contributed by atoms with Gasteiger partial charge in [-0.05, 0) is 37.1 Å². The first-order chi connectivity index (χ1) is 8.04. The number of hydrogen-bond donors (Lipinski definition) is 2. The van der Waals surface area contributed by atoms with Gasteiger partial charge < -0.3 is 5.73 Å². The Balaban J connectivity index is 2.70. The lowest BCUT2D eigenvalue weighted by Gasteiger charge is -2.22. The molecule has 1 aromatic rings. The largest absolute Gasteiger partial charge is 0.388 e. The highest BCUT2D eigenvalue weighted by Gasteiger charge is 2.08. The van der Waals surface area contributed by atoms with Gasteiger partial charge in [0.1, 0.15) is 0 Å². The van der Waals surface area contributed by atoms with Crippen LogP contribution in [0, 0.1) is 19.3 Å². The average molecular weight is 233 g/mol. The Bertz CT molecular complexity index is 365. The molecule has 0 aromatic heterocycles. The molecule has 3 heteroatoms. The van der Waals surface area contributed by atoms with Crippen LogP contribution in [0.1, 0.15) is 30.0 Å². The zero-order valence-electron chi connectivity index (χ0n) is 11.1. The first-order valence-corrected chi connectivity index (χ1v) is 6.15. The first kappa shape index (κ1) is 13.7.